The predicted molar refractivity (Wildman–Crippen MR) is 116 cm³/mol. The third-order valence-corrected chi connectivity index (χ3v) is 9.15. The number of rotatable bonds is 1. The quantitative estimate of drug-likeness (QED) is 0.755. The first-order valence-electron chi connectivity index (χ1n) is 11.2. The Morgan fingerprint density at radius 2 is 1.86 bits per heavy atom. The lowest BCUT2D eigenvalue weighted by molar-refractivity contribution is -0.140. The molecular weight excluding hydrogens is 358 g/mol. The van der Waals surface area contributed by atoms with Gasteiger partial charge in [-0.25, -0.2) is 0 Å². The molecule has 0 aromatic heterocycles. The number of hydrogen-bond acceptors (Lipinski definition) is 2. The van der Waals surface area contributed by atoms with Gasteiger partial charge in [0.25, 0.3) is 0 Å². The predicted octanol–water partition coefficient (Wildman–Crippen LogP) is 4.68. The van der Waals surface area contributed by atoms with E-state index >= 15 is 0 Å². The number of carbonyl (C=O) groups excluding carboxylic acids is 1. The van der Waals surface area contributed by atoms with Crippen LogP contribution in [0.25, 0.3) is 6.08 Å². The van der Waals surface area contributed by atoms with Gasteiger partial charge in [0.05, 0.1) is 6.10 Å². The zero-order valence-electron chi connectivity index (χ0n) is 17.8. The molecule has 0 bridgehead atoms. The molecule has 0 radical (unpaired) electrons. The van der Waals surface area contributed by atoms with Gasteiger partial charge < -0.3 is 10.0 Å². The zero-order chi connectivity index (χ0) is 20.4. The smallest absolute Gasteiger partial charge is 0.246 e. The summed E-state index contributed by atoms with van der Waals surface area (Å²) < 4.78 is 0. The Morgan fingerprint density at radius 3 is 2.62 bits per heavy atom. The molecule has 1 aromatic carbocycles. The van der Waals surface area contributed by atoms with Crippen molar-refractivity contribution in [1.29, 1.82) is 0 Å². The summed E-state index contributed by atoms with van der Waals surface area (Å²) in [6.07, 6.45) is 11.4. The molecule has 4 aliphatic rings. The van der Waals surface area contributed by atoms with Crippen LogP contribution in [0.5, 0.6) is 0 Å². The molecule has 3 saturated carbocycles. The van der Waals surface area contributed by atoms with E-state index in [0.717, 1.165) is 25.7 Å². The third kappa shape index (κ3) is 2.70. The van der Waals surface area contributed by atoms with Gasteiger partial charge in [-0.1, -0.05) is 56.3 Å². The maximum Gasteiger partial charge on any atom is 0.246 e. The molecule has 0 spiro atoms. The van der Waals surface area contributed by atoms with Crippen LogP contribution in [0, 0.1) is 28.6 Å². The van der Waals surface area contributed by atoms with Gasteiger partial charge in [-0.2, -0.15) is 0 Å². The lowest BCUT2D eigenvalue weighted by atomic mass is 9.48. The van der Waals surface area contributed by atoms with Gasteiger partial charge in [0.2, 0.25) is 5.91 Å². The summed E-state index contributed by atoms with van der Waals surface area (Å²) in [4.78, 5) is 14.2. The van der Waals surface area contributed by atoms with E-state index in [1.54, 1.807) is 6.08 Å². The summed E-state index contributed by atoms with van der Waals surface area (Å²) in [5.74, 6) is 1.89. The average Bonchev–Trinajstić information content (AvgIpc) is 2.97. The monoisotopic (exact) mass is 391 g/mol. The third-order valence-electron chi connectivity index (χ3n) is 9.15. The van der Waals surface area contributed by atoms with E-state index in [0.29, 0.717) is 23.8 Å². The van der Waals surface area contributed by atoms with Crippen LogP contribution < -0.4 is 0 Å². The highest BCUT2D eigenvalue weighted by molar-refractivity contribution is 5.89. The Balaban J connectivity index is 1.48. The molecule has 5 rings (SSSR count). The van der Waals surface area contributed by atoms with Crippen molar-refractivity contribution in [1.82, 2.24) is 4.90 Å². The molecule has 154 valence electrons. The molecule has 3 heteroatoms. The van der Waals surface area contributed by atoms with Gasteiger partial charge in [0.1, 0.15) is 0 Å². The van der Waals surface area contributed by atoms with E-state index in [-0.39, 0.29) is 22.8 Å². The molecule has 1 aliphatic heterocycles. The first kappa shape index (κ1) is 19.1. The molecule has 1 N–H and O–H groups in total. The minimum absolute atomic E-state index is 0.0227. The molecule has 1 aromatic rings. The van der Waals surface area contributed by atoms with Crippen molar-refractivity contribution in [2.45, 2.75) is 58.1 Å². The topological polar surface area (TPSA) is 40.5 Å². The number of nitrogens with zero attached hydrogens (tertiary/aromatic N) is 1. The lowest BCUT2D eigenvalue weighted by Crippen LogP contribution is -2.59. The summed E-state index contributed by atoms with van der Waals surface area (Å²) in [6.45, 7) is 4.70. The number of aliphatic hydroxyl groups excluding tert-OH is 1. The largest absolute Gasteiger partial charge is 0.388 e. The minimum atomic E-state index is -0.342. The standard InChI is InChI=1S/C26H33NO2/c1-25-14-12-23(28)27(3)22(25)10-9-19-20(25)11-13-26(2)21(19)16-18(24(26)29)15-17-7-5-4-6-8-17/h4-8,12,14-15,19-22,24,29H,9-11,13,16H2,1-3H3/t19-,20+,21+,22-,24+,25-,26+/m1/s1. The normalized spacial score (nSPS) is 45.1. The molecule has 1 heterocycles. The maximum absolute atomic E-state index is 12.2. The van der Waals surface area contributed by atoms with Crippen LogP contribution >= 0.6 is 0 Å². The van der Waals surface area contributed by atoms with Gasteiger partial charge in [0, 0.05) is 23.9 Å². The van der Waals surface area contributed by atoms with Gasteiger partial charge in [-0.05, 0) is 67.1 Å². The number of amides is 1. The van der Waals surface area contributed by atoms with Crippen molar-refractivity contribution < 1.29 is 9.90 Å². The van der Waals surface area contributed by atoms with Gasteiger partial charge in [0.15, 0.2) is 0 Å². The van der Waals surface area contributed by atoms with Crippen LogP contribution in [0.1, 0.15) is 51.5 Å². The van der Waals surface area contributed by atoms with Crippen molar-refractivity contribution in [3.05, 3.63) is 53.6 Å². The summed E-state index contributed by atoms with van der Waals surface area (Å²) in [5.41, 5.74) is 2.43. The SMILES string of the molecule is CN1C(=O)C=C[C@]2(C)[C@H]3CC[C@]4(C)[C@@H](O)C(=Cc5ccccc5)C[C@H]4[C@@H]3CC[C@@H]12. The van der Waals surface area contributed by atoms with Crippen LogP contribution in [0.2, 0.25) is 0 Å². The first-order chi connectivity index (χ1) is 13.8. The Hall–Kier alpha value is -1.87. The van der Waals surface area contributed by atoms with Gasteiger partial charge in [-0.3, -0.25) is 4.79 Å². The second-order valence-corrected chi connectivity index (χ2v) is 10.4. The number of aliphatic hydroxyl groups is 1. The van der Waals surface area contributed by atoms with E-state index in [9.17, 15) is 9.90 Å². The molecule has 7 atom stereocenters. The molecule has 3 fully saturated rings. The summed E-state index contributed by atoms with van der Waals surface area (Å²) in [5, 5.41) is 11.3. The molecule has 0 unspecified atom stereocenters. The first-order valence-corrected chi connectivity index (χ1v) is 11.2. The van der Waals surface area contributed by atoms with E-state index in [1.165, 1.54) is 17.6 Å². The number of carbonyl (C=O) groups is 1. The van der Waals surface area contributed by atoms with Crippen LogP contribution in [0.3, 0.4) is 0 Å². The molecular formula is C26H33NO2. The second-order valence-electron chi connectivity index (χ2n) is 10.4. The van der Waals surface area contributed by atoms with E-state index < -0.39 is 0 Å². The Kier molecular flexibility index (Phi) is 4.33. The highest BCUT2D eigenvalue weighted by atomic mass is 16.3. The van der Waals surface area contributed by atoms with Crippen molar-refractivity contribution in [2.24, 2.45) is 28.6 Å². The summed E-state index contributed by atoms with van der Waals surface area (Å²) >= 11 is 0. The van der Waals surface area contributed by atoms with Crippen LogP contribution in [-0.4, -0.2) is 35.1 Å². The van der Waals surface area contributed by atoms with Crippen LogP contribution in [0.4, 0.5) is 0 Å². The van der Waals surface area contributed by atoms with Crippen molar-refractivity contribution >= 4 is 12.0 Å². The fraction of sp³-hybridized carbons (Fsp3) is 0.577. The van der Waals surface area contributed by atoms with Crippen LogP contribution in [0.15, 0.2) is 48.1 Å². The number of benzene rings is 1. The van der Waals surface area contributed by atoms with Crippen LogP contribution in [-0.2, 0) is 4.79 Å². The molecule has 29 heavy (non-hydrogen) atoms. The van der Waals surface area contributed by atoms with Gasteiger partial charge >= 0.3 is 0 Å². The van der Waals surface area contributed by atoms with Crippen molar-refractivity contribution in [2.75, 3.05) is 7.05 Å². The highest BCUT2D eigenvalue weighted by Gasteiger charge is 2.61. The molecule has 0 saturated heterocycles. The highest BCUT2D eigenvalue weighted by Crippen LogP contribution is 2.64. The van der Waals surface area contributed by atoms with Crippen molar-refractivity contribution in [3.63, 3.8) is 0 Å². The van der Waals surface area contributed by atoms with Crippen molar-refractivity contribution in [3.8, 4) is 0 Å². The molecule has 3 aliphatic carbocycles. The van der Waals surface area contributed by atoms with E-state index in [4.69, 9.17) is 0 Å². The summed E-state index contributed by atoms with van der Waals surface area (Å²) in [6, 6.07) is 10.7. The number of fused-ring (bicyclic) bond motifs is 5. The zero-order valence-corrected chi connectivity index (χ0v) is 17.8. The lowest BCUT2D eigenvalue weighted by Gasteiger charge is -2.59. The Labute approximate surface area is 174 Å². The number of likely N-dealkylation sites (N-methyl/N-ethyl adjacent to an activating group) is 1. The second kappa shape index (κ2) is 6.57. The summed E-state index contributed by atoms with van der Waals surface area (Å²) in [7, 11) is 1.97. The number of hydrogen-bond donors (Lipinski definition) is 1. The minimum Gasteiger partial charge on any atom is -0.388 e. The fourth-order valence-corrected chi connectivity index (χ4v) is 7.50. The average molecular weight is 392 g/mol. The van der Waals surface area contributed by atoms with E-state index in [2.05, 4.69) is 50.3 Å². The Morgan fingerprint density at radius 1 is 1.10 bits per heavy atom. The van der Waals surface area contributed by atoms with E-state index in [1.807, 2.05) is 18.0 Å². The fourth-order valence-electron chi connectivity index (χ4n) is 7.50. The maximum atomic E-state index is 12.2. The molecule has 3 nitrogen and oxygen atoms in total. The van der Waals surface area contributed by atoms with Gasteiger partial charge in [-0.15, -0.1) is 0 Å². The molecule has 1 amide bonds. The Bertz CT molecular complexity index is 874.